The van der Waals surface area contributed by atoms with E-state index in [1.54, 1.807) is 0 Å². The van der Waals surface area contributed by atoms with Crippen LogP contribution in [0.25, 0.3) is 0 Å². The first kappa shape index (κ1) is 19.9. The lowest BCUT2D eigenvalue weighted by Crippen LogP contribution is -2.45. The zero-order valence-corrected chi connectivity index (χ0v) is 16.3. The number of ether oxygens (including phenoxy) is 1. The van der Waals surface area contributed by atoms with Crippen molar-refractivity contribution >= 4 is 29.1 Å². The van der Waals surface area contributed by atoms with Crippen molar-refractivity contribution in [1.29, 1.82) is 0 Å². The Balaban J connectivity index is 1.39. The Morgan fingerprint density at radius 2 is 1.81 bits per heavy atom. The minimum absolute atomic E-state index is 0.0743. The highest BCUT2D eigenvalue weighted by molar-refractivity contribution is 6.42. The molecule has 0 bridgehead atoms. The molecular formula is C20H21Cl2FN2O2. The molecule has 0 saturated carbocycles. The zero-order chi connectivity index (χ0) is 19.2. The van der Waals surface area contributed by atoms with Gasteiger partial charge in [-0.25, -0.2) is 4.39 Å². The van der Waals surface area contributed by atoms with Crippen molar-refractivity contribution in [3.8, 4) is 5.75 Å². The standard InChI is InChI=1S/C20H21Cl2FN2O2/c21-18-6-1-14(11-19(18)22)12-25-9-7-16(8-10-25)24-20(26)13-27-17-4-2-15(23)3-5-17/h1-6,11,16H,7-10,12-13H2,(H,24,26). The minimum Gasteiger partial charge on any atom is -0.484 e. The van der Waals surface area contributed by atoms with Gasteiger partial charge >= 0.3 is 0 Å². The molecule has 1 saturated heterocycles. The maximum Gasteiger partial charge on any atom is 0.258 e. The molecule has 0 unspecified atom stereocenters. The highest BCUT2D eigenvalue weighted by Gasteiger charge is 2.21. The Hall–Kier alpha value is -1.82. The molecule has 3 rings (SSSR count). The number of nitrogens with one attached hydrogen (secondary N) is 1. The van der Waals surface area contributed by atoms with E-state index in [9.17, 15) is 9.18 Å². The summed E-state index contributed by atoms with van der Waals surface area (Å²) in [6.45, 7) is 2.52. The molecule has 1 fully saturated rings. The Morgan fingerprint density at radius 3 is 2.48 bits per heavy atom. The lowest BCUT2D eigenvalue weighted by molar-refractivity contribution is -0.124. The fourth-order valence-corrected chi connectivity index (χ4v) is 3.40. The Kier molecular flexibility index (Phi) is 6.94. The molecule has 0 aromatic heterocycles. The van der Waals surface area contributed by atoms with Gasteiger partial charge in [0.1, 0.15) is 11.6 Å². The summed E-state index contributed by atoms with van der Waals surface area (Å²) in [5.41, 5.74) is 1.12. The van der Waals surface area contributed by atoms with Gasteiger partial charge in [0.25, 0.3) is 5.91 Å². The Bertz CT molecular complexity index is 778. The molecule has 1 amide bonds. The van der Waals surface area contributed by atoms with Crippen molar-refractivity contribution < 1.29 is 13.9 Å². The number of nitrogens with zero attached hydrogens (tertiary/aromatic N) is 1. The van der Waals surface area contributed by atoms with Crippen LogP contribution in [0.4, 0.5) is 4.39 Å². The highest BCUT2D eigenvalue weighted by atomic mass is 35.5. The summed E-state index contributed by atoms with van der Waals surface area (Å²) in [6, 6.07) is 11.4. The highest BCUT2D eigenvalue weighted by Crippen LogP contribution is 2.24. The molecule has 0 aliphatic carbocycles. The maximum atomic E-state index is 12.8. The van der Waals surface area contributed by atoms with Crippen LogP contribution in [0.15, 0.2) is 42.5 Å². The fourth-order valence-electron chi connectivity index (χ4n) is 3.08. The summed E-state index contributed by atoms with van der Waals surface area (Å²) in [6.07, 6.45) is 1.76. The zero-order valence-electron chi connectivity index (χ0n) is 14.8. The number of benzene rings is 2. The van der Waals surface area contributed by atoms with E-state index in [0.717, 1.165) is 38.0 Å². The van der Waals surface area contributed by atoms with Gasteiger partial charge in [0.05, 0.1) is 10.0 Å². The predicted molar refractivity (Wildman–Crippen MR) is 105 cm³/mol. The number of hydrogen-bond acceptors (Lipinski definition) is 3. The summed E-state index contributed by atoms with van der Waals surface area (Å²) in [5.74, 6) is -0.0234. The van der Waals surface area contributed by atoms with E-state index in [2.05, 4.69) is 10.2 Å². The first-order chi connectivity index (χ1) is 13.0. The fraction of sp³-hybridized carbons (Fsp3) is 0.350. The summed E-state index contributed by atoms with van der Waals surface area (Å²) in [4.78, 5) is 14.4. The second kappa shape index (κ2) is 9.40. The van der Waals surface area contributed by atoms with Gasteiger partial charge in [-0.05, 0) is 54.8 Å². The van der Waals surface area contributed by atoms with Crippen molar-refractivity contribution in [2.45, 2.75) is 25.4 Å². The molecular weight excluding hydrogens is 390 g/mol. The summed E-state index contributed by atoms with van der Waals surface area (Å²) in [5, 5.41) is 4.13. The van der Waals surface area contributed by atoms with E-state index in [1.165, 1.54) is 24.3 Å². The van der Waals surface area contributed by atoms with E-state index in [4.69, 9.17) is 27.9 Å². The predicted octanol–water partition coefficient (Wildman–Crippen LogP) is 4.29. The van der Waals surface area contributed by atoms with Crippen LogP contribution in [0.5, 0.6) is 5.75 Å². The van der Waals surface area contributed by atoms with Crippen LogP contribution in [0.3, 0.4) is 0 Å². The molecule has 2 aromatic rings. The van der Waals surface area contributed by atoms with Crippen LogP contribution < -0.4 is 10.1 Å². The lowest BCUT2D eigenvalue weighted by atomic mass is 10.0. The molecule has 4 nitrogen and oxygen atoms in total. The molecule has 144 valence electrons. The topological polar surface area (TPSA) is 41.6 Å². The lowest BCUT2D eigenvalue weighted by Gasteiger charge is -2.32. The molecule has 1 aliphatic rings. The van der Waals surface area contributed by atoms with E-state index in [0.29, 0.717) is 15.8 Å². The molecule has 2 aromatic carbocycles. The molecule has 1 aliphatic heterocycles. The van der Waals surface area contributed by atoms with Crippen LogP contribution in [-0.4, -0.2) is 36.5 Å². The number of hydrogen-bond donors (Lipinski definition) is 1. The average Bonchev–Trinajstić information content (AvgIpc) is 2.66. The van der Waals surface area contributed by atoms with E-state index < -0.39 is 0 Å². The number of amides is 1. The van der Waals surface area contributed by atoms with E-state index in [-0.39, 0.29) is 24.4 Å². The Morgan fingerprint density at radius 1 is 1.11 bits per heavy atom. The maximum absolute atomic E-state index is 12.8. The minimum atomic E-state index is -0.334. The van der Waals surface area contributed by atoms with Crippen molar-refractivity contribution in [1.82, 2.24) is 10.2 Å². The van der Waals surface area contributed by atoms with E-state index in [1.807, 2.05) is 18.2 Å². The first-order valence-electron chi connectivity index (χ1n) is 8.83. The first-order valence-corrected chi connectivity index (χ1v) is 9.59. The molecule has 0 spiro atoms. The quantitative estimate of drug-likeness (QED) is 0.771. The van der Waals surface area contributed by atoms with Gasteiger partial charge < -0.3 is 10.1 Å². The number of likely N-dealkylation sites (tertiary alicyclic amines) is 1. The second-order valence-electron chi connectivity index (χ2n) is 6.61. The smallest absolute Gasteiger partial charge is 0.258 e. The van der Waals surface area contributed by atoms with Crippen molar-refractivity contribution in [3.63, 3.8) is 0 Å². The Labute approximate surface area is 168 Å². The summed E-state index contributed by atoms with van der Waals surface area (Å²) >= 11 is 12.0. The third kappa shape index (κ3) is 6.09. The monoisotopic (exact) mass is 410 g/mol. The van der Waals surface area contributed by atoms with Gasteiger partial charge in [0, 0.05) is 25.7 Å². The molecule has 0 radical (unpaired) electrons. The van der Waals surface area contributed by atoms with Gasteiger partial charge in [-0.2, -0.15) is 0 Å². The van der Waals surface area contributed by atoms with Gasteiger partial charge in [-0.3, -0.25) is 9.69 Å². The molecule has 7 heteroatoms. The van der Waals surface area contributed by atoms with Gasteiger partial charge in [0.2, 0.25) is 0 Å². The SMILES string of the molecule is O=C(COc1ccc(F)cc1)NC1CCN(Cc2ccc(Cl)c(Cl)c2)CC1. The average molecular weight is 411 g/mol. The van der Waals surface area contributed by atoms with Crippen molar-refractivity contribution in [3.05, 3.63) is 63.9 Å². The number of carbonyl (C=O) groups excluding carboxylic acids is 1. The number of carbonyl (C=O) groups is 1. The van der Waals surface area contributed by atoms with Crippen molar-refractivity contribution in [2.24, 2.45) is 0 Å². The van der Waals surface area contributed by atoms with Crippen molar-refractivity contribution in [2.75, 3.05) is 19.7 Å². The number of rotatable bonds is 6. The molecule has 1 N–H and O–H groups in total. The third-order valence-electron chi connectivity index (χ3n) is 4.53. The van der Waals surface area contributed by atoms with Gasteiger partial charge in [-0.15, -0.1) is 0 Å². The van der Waals surface area contributed by atoms with Crippen LogP contribution in [0.2, 0.25) is 10.0 Å². The second-order valence-corrected chi connectivity index (χ2v) is 7.42. The number of piperidine rings is 1. The molecule has 0 atom stereocenters. The summed E-state index contributed by atoms with van der Waals surface area (Å²) in [7, 11) is 0. The van der Waals surface area contributed by atoms with Crippen LogP contribution in [0.1, 0.15) is 18.4 Å². The largest absolute Gasteiger partial charge is 0.484 e. The van der Waals surface area contributed by atoms with E-state index >= 15 is 0 Å². The van der Waals surface area contributed by atoms with Crippen LogP contribution in [-0.2, 0) is 11.3 Å². The third-order valence-corrected chi connectivity index (χ3v) is 5.27. The van der Waals surface area contributed by atoms with Crippen LogP contribution >= 0.6 is 23.2 Å². The number of halogens is 3. The molecule has 27 heavy (non-hydrogen) atoms. The van der Waals surface area contributed by atoms with Gasteiger partial charge in [-0.1, -0.05) is 29.3 Å². The normalized spacial score (nSPS) is 15.5. The van der Waals surface area contributed by atoms with Crippen LogP contribution in [0, 0.1) is 5.82 Å². The van der Waals surface area contributed by atoms with Gasteiger partial charge in [0.15, 0.2) is 6.61 Å². The molecule has 1 heterocycles. The summed E-state index contributed by atoms with van der Waals surface area (Å²) < 4.78 is 18.2.